The van der Waals surface area contributed by atoms with E-state index < -0.39 is 6.04 Å². The second-order valence-corrected chi connectivity index (χ2v) is 9.53. The number of para-hydroxylation sites is 1. The third kappa shape index (κ3) is 6.95. The summed E-state index contributed by atoms with van der Waals surface area (Å²) in [6.45, 7) is 6.09. The molecule has 1 fully saturated rings. The number of aromatic nitrogens is 2. The van der Waals surface area contributed by atoms with Gasteiger partial charge in [0.2, 0.25) is 5.95 Å². The van der Waals surface area contributed by atoms with Gasteiger partial charge < -0.3 is 25.6 Å². The van der Waals surface area contributed by atoms with E-state index in [0.717, 1.165) is 42.4 Å². The maximum atomic E-state index is 12.5. The van der Waals surface area contributed by atoms with Crippen LogP contribution in [-0.2, 0) is 9.53 Å². The first-order valence-electron chi connectivity index (χ1n) is 12.2. The number of anilines is 2. The van der Waals surface area contributed by atoms with Crippen molar-refractivity contribution in [2.45, 2.75) is 71.0 Å². The van der Waals surface area contributed by atoms with Gasteiger partial charge in [-0.05, 0) is 57.1 Å². The Morgan fingerprint density at radius 3 is 2.41 bits per heavy atom. The first-order chi connectivity index (χ1) is 16.3. The number of nitrogens with zero attached hydrogens (tertiary/aromatic N) is 3. The predicted octanol–water partition coefficient (Wildman–Crippen LogP) is 3.70. The monoisotopic (exact) mass is 470 g/mol. The van der Waals surface area contributed by atoms with Crippen molar-refractivity contribution < 1.29 is 14.3 Å². The van der Waals surface area contributed by atoms with Gasteiger partial charge in [-0.2, -0.15) is 4.98 Å². The highest BCUT2D eigenvalue weighted by atomic mass is 16.5. The molecule has 1 saturated carbocycles. The first-order valence-corrected chi connectivity index (χ1v) is 12.2. The molecule has 0 unspecified atom stereocenters. The molecule has 1 aliphatic rings. The van der Waals surface area contributed by atoms with Crippen molar-refractivity contribution >= 4 is 34.7 Å². The fraction of sp³-hybridized carbons (Fsp3) is 0.600. The number of hydrogen-bond donors (Lipinski definition) is 3. The molecule has 1 aliphatic carbocycles. The molecule has 1 heterocycles. The van der Waals surface area contributed by atoms with E-state index in [-0.39, 0.29) is 30.0 Å². The largest absolute Gasteiger partial charge is 0.464 e. The predicted molar refractivity (Wildman–Crippen MR) is 135 cm³/mol. The molecular formula is C25H38N6O3. The molecule has 34 heavy (non-hydrogen) atoms. The summed E-state index contributed by atoms with van der Waals surface area (Å²) in [4.78, 5) is 36.1. The summed E-state index contributed by atoms with van der Waals surface area (Å²) in [7, 11) is 3.96. The smallest absolute Gasteiger partial charge is 0.328 e. The molecule has 1 aromatic carbocycles. The van der Waals surface area contributed by atoms with Crippen LogP contribution in [0.15, 0.2) is 24.3 Å². The lowest BCUT2D eigenvalue weighted by atomic mass is 9.91. The number of carbonyl (C=O) groups is 2. The number of esters is 1. The van der Waals surface area contributed by atoms with Gasteiger partial charge >= 0.3 is 12.0 Å². The summed E-state index contributed by atoms with van der Waals surface area (Å²) in [6, 6.07) is 7.36. The Hall–Kier alpha value is -3.10. The van der Waals surface area contributed by atoms with Crippen LogP contribution in [0.5, 0.6) is 0 Å². The minimum absolute atomic E-state index is 0.0646. The Balaban J connectivity index is 1.53. The van der Waals surface area contributed by atoms with Crippen LogP contribution in [0.1, 0.15) is 52.9 Å². The van der Waals surface area contributed by atoms with E-state index in [4.69, 9.17) is 14.7 Å². The lowest BCUT2D eigenvalue weighted by molar-refractivity contribution is -0.145. The van der Waals surface area contributed by atoms with Gasteiger partial charge in [-0.15, -0.1) is 0 Å². The summed E-state index contributed by atoms with van der Waals surface area (Å²) in [5.41, 5.74) is 0.910. The topological polar surface area (TPSA) is 108 Å². The van der Waals surface area contributed by atoms with Gasteiger partial charge in [0, 0.05) is 31.6 Å². The van der Waals surface area contributed by atoms with E-state index in [2.05, 4.69) is 16.0 Å². The van der Waals surface area contributed by atoms with Crippen LogP contribution in [0.3, 0.4) is 0 Å². The quantitative estimate of drug-likeness (QED) is 0.480. The summed E-state index contributed by atoms with van der Waals surface area (Å²) in [6.07, 6.45) is 4.02. The highest BCUT2D eigenvalue weighted by Gasteiger charge is 2.27. The van der Waals surface area contributed by atoms with Gasteiger partial charge in [0.1, 0.15) is 11.9 Å². The van der Waals surface area contributed by atoms with E-state index in [1.54, 1.807) is 6.92 Å². The van der Waals surface area contributed by atoms with Crippen LogP contribution in [0.25, 0.3) is 10.9 Å². The molecule has 0 saturated heterocycles. The van der Waals surface area contributed by atoms with Crippen molar-refractivity contribution in [1.82, 2.24) is 20.6 Å². The normalized spacial score (nSPS) is 18.9. The SMILES string of the molecule is CCOC(=O)[C@H](CC(C)C)NC(=O)NC1CCC(Nc2nc(N(C)C)c3ccccc3n2)CC1. The van der Waals surface area contributed by atoms with Gasteiger partial charge in [-0.25, -0.2) is 14.6 Å². The van der Waals surface area contributed by atoms with Gasteiger partial charge in [0.15, 0.2) is 0 Å². The highest BCUT2D eigenvalue weighted by molar-refractivity contribution is 5.90. The van der Waals surface area contributed by atoms with E-state index in [9.17, 15) is 9.59 Å². The number of carbonyl (C=O) groups excluding carboxylic acids is 2. The lowest BCUT2D eigenvalue weighted by Crippen LogP contribution is -2.51. The summed E-state index contributed by atoms with van der Waals surface area (Å²) in [5.74, 6) is 1.40. The molecule has 0 aliphatic heterocycles. The van der Waals surface area contributed by atoms with Crippen molar-refractivity contribution in [1.29, 1.82) is 0 Å². The van der Waals surface area contributed by atoms with Crippen LogP contribution in [-0.4, -0.2) is 60.8 Å². The molecule has 0 bridgehead atoms. The van der Waals surface area contributed by atoms with Crippen LogP contribution in [0.4, 0.5) is 16.6 Å². The third-order valence-electron chi connectivity index (χ3n) is 5.99. The standard InChI is InChI=1S/C25H38N6O3/c1-6-34-23(32)21(15-16(2)3)29-25(33)27-18-13-11-17(12-14-18)26-24-28-20-10-8-7-9-19(20)22(30-24)31(4)5/h7-10,16-18,21H,6,11-15H2,1-5H3,(H,26,28,30)(H2,27,29,33)/t17?,18?,21-/m0/s1. The van der Waals surface area contributed by atoms with Gasteiger partial charge in [0.25, 0.3) is 0 Å². The van der Waals surface area contributed by atoms with Crippen molar-refractivity contribution in [3.8, 4) is 0 Å². The molecule has 3 rings (SSSR count). The average Bonchev–Trinajstić information content (AvgIpc) is 2.79. The molecule has 0 spiro atoms. The molecule has 9 heteroatoms. The minimum Gasteiger partial charge on any atom is -0.464 e. The maximum Gasteiger partial charge on any atom is 0.328 e. The second kappa shape index (κ2) is 11.9. The van der Waals surface area contributed by atoms with Crippen LogP contribution in [0.2, 0.25) is 0 Å². The Labute approximate surface area is 202 Å². The van der Waals surface area contributed by atoms with Crippen molar-refractivity contribution in [3.63, 3.8) is 0 Å². The molecule has 186 valence electrons. The van der Waals surface area contributed by atoms with E-state index in [1.807, 2.05) is 57.1 Å². The number of fused-ring (bicyclic) bond motifs is 1. The van der Waals surface area contributed by atoms with Gasteiger partial charge in [-0.1, -0.05) is 26.0 Å². The van der Waals surface area contributed by atoms with Crippen molar-refractivity contribution in [3.05, 3.63) is 24.3 Å². The first kappa shape index (κ1) is 25.5. The average molecular weight is 471 g/mol. The number of nitrogens with one attached hydrogen (secondary N) is 3. The van der Waals surface area contributed by atoms with E-state index in [0.29, 0.717) is 19.0 Å². The molecule has 3 N–H and O–H groups in total. The van der Waals surface area contributed by atoms with E-state index in [1.165, 1.54) is 0 Å². The summed E-state index contributed by atoms with van der Waals surface area (Å²) >= 11 is 0. The van der Waals surface area contributed by atoms with Gasteiger partial charge in [0.05, 0.1) is 12.1 Å². The molecule has 2 aromatic rings. The zero-order valence-electron chi connectivity index (χ0n) is 20.9. The molecule has 0 radical (unpaired) electrons. The zero-order chi connectivity index (χ0) is 24.7. The van der Waals surface area contributed by atoms with Crippen LogP contribution < -0.4 is 20.9 Å². The van der Waals surface area contributed by atoms with Crippen molar-refractivity contribution in [2.75, 3.05) is 30.9 Å². The number of urea groups is 1. The second-order valence-electron chi connectivity index (χ2n) is 9.53. The van der Waals surface area contributed by atoms with E-state index >= 15 is 0 Å². The fourth-order valence-electron chi connectivity index (χ4n) is 4.34. The maximum absolute atomic E-state index is 12.5. The van der Waals surface area contributed by atoms with Crippen molar-refractivity contribution in [2.24, 2.45) is 5.92 Å². The number of ether oxygens (including phenoxy) is 1. The lowest BCUT2D eigenvalue weighted by Gasteiger charge is -2.30. The van der Waals surface area contributed by atoms with Gasteiger partial charge in [-0.3, -0.25) is 0 Å². The van der Waals surface area contributed by atoms with Crippen LogP contribution in [0, 0.1) is 5.92 Å². The molecule has 1 atom stereocenters. The Morgan fingerprint density at radius 1 is 1.09 bits per heavy atom. The molecule has 9 nitrogen and oxygen atoms in total. The third-order valence-corrected chi connectivity index (χ3v) is 5.99. The summed E-state index contributed by atoms with van der Waals surface area (Å²) < 4.78 is 5.11. The number of rotatable bonds is 9. The summed E-state index contributed by atoms with van der Waals surface area (Å²) in [5, 5.41) is 10.3. The fourth-order valence-corrected chi connectivity index (χ4v) is 4.34. The molecule has 1 aromatic heterocycles. The highest BCUT2D eigenvalue weighted by Crippen LogP contribution is 2.26. The molecular weight excluding hydrogens is 432 g/mol. The number of hydrogen-bond acceptors (Lipinski definition) is 7. The number of benzene rings is 1. The Kier molecular flexibility index (Phi) is 8.90. The molecule has 2 amide bonds. The minimum atomic E-state index is -0.631. The zero-order valence-corrected chi connectivity index (χ0v) is 20.9. The Morgan fingerprint density at radius 2 is 1.76 bits per heavy atom. The van der Waals surface area contributed by atoms with Crippen LogP contribution >= 0.6 is 0 Å². The number of amides is 2. The Bertz CT molecular complexity index is 972.